The van der Waals surface area contributed by atoms with Gasteiger partial charge in [0.2, 0.25) is 0 Å². The zero-order valence-corrected chi connectivity index (χ0v) is 8.49. The zero-order valence-electron chi connectivity index (χ0n) is 8.49. The van der Waals surface area contributed by atoms with Gasteiger partial charge in [-0.3, -0.25) is 5.10 Å². The topological polar surface area (TPSA) is 40.7 Å². The lowest BCUT2D eigenvalue weighted by atomic mass is 10.0. The number of aromatic nitrogens is 2. The van der Waals surface area contributed by atoms with E-state index in [0.717, 1.165) is 28.1 Å². The molecule has 2 heterocycles. The van der Waals surface area contributed by atoms with E-state index < -0.39 is 0 Å². The molecule has 0 aliphatic carbocycles. The van der Waals surface area contributed by atoms with Gasteiger partial charge in [-0.2, -0.15) is 5.10 Å². The normalized spacial score (nSPS) is 12.2. The van der Waals surface area contributed by atoms with Crippen LogP contribution in [0.25, 0.3) is 22.2 Å². The third-order valence-electron chi connectivity index (χ3n) is 3.04. The Morgan fingerprint density at radius 2 is 1.75 bits per heavy atom. The fraction of sp³-hybridized carbons (Fsp3) is 0. The monoisotopic (exact) mass is 207 g/mol. The van der Waals surface area contributed by atoms with Crippen molar-refractivity contribution in [2.75, 3.05) is 5.32 Å². The van der Waals surface area contributed by atoms with Crippen molar-refractivity contribution in [3.8, 4) is 11.3 Å². The minimum atomic E-state index is 1.04. The van der Waals surface area contributed by atoms with Crippen LogP contribution in [0, 0.1) is 0 Å². The van der Waals surface area contributed by atoms with E-state index in [2.05, 4.69) is 33.7 Å². The number of hydrogen-bond acceptors (Lipinski definition) is 2. The Kier molecular flexibility index (Phi) is 1.31. The molecule has 0 spiro atoms. The molecule has 0 atom stereocenters. The average Bonchev–Trinajstić information content (AvgIpc) is 2.76. The summed E-state index contributed by atoms with van der Waals surface area (Å²) in [5.74, 6) is 0. The molecular formula is C13H9N3. The van der Waals surface area contributed by atoms with E-state index in [1.165, 1.54) is 5.39 Å². The van der Waals surface area contributed by atoms with E-state index in [0.29, 0.717) is 0 Å². The second-order valence-corrected chi connectivity index (χ2v) is 3.97. The van der Waals surface area contributed by atoms with E-state index >= 15 is 0 Å². The van der Waals surface area contributed by atoms with Gasteiger partial charge in [-0.05, 0) is 18.2 Å². The molecule has 0 fully saturated rings. The van der Waals surface area contributed by atoms with Gasteiger partial charge < -0.3 is 5.32 Å². The lowest BCUT2D eigenvalue weighted by Crippen LogP contribution is -1.98. The molecule has 2 aromatic carbocycles. The molecule has 0 radical (unpaired) electrons. The van der Waals surface area contributed by atoms with Crippen molar-refractivity contribution in [2.45, 2.75) is 0 Å². The van der Waals surface area contributed by atoms with Crippen LogP contribution in [0.3, 0.4) is 0 Å². The highest BCUT2D eigenvalue weighted by atomic mass is 15.1. The largest absolute Gasteiger partial charge is 0.354 e. The number of para-hydroxylation sites is 1. The Labute approximate surface area is 92.1 Å². The summed E-state index contributed by atoms with van der Waals surface area (Å²) < 4.78 is 0. The lowest BCUT2D eigenvalue weighted by molar-refractivity contribution is 1.12. The Balaban J connectivity index is 2.21. The second kappa shape index (κ2) is 2.64. The molecule has 3 heteroatoms. The number of nitrogens with one attached hydrogen (secondary N) is 2. The molecule has 0 amide bonds. The van der Waals surface area contributed by atoms with Crippen LogP contribution in [-0.2, 0) is 0 Å². The molecule has 16 heavy (non-hydrogen) atoms. The third kappa shape index (κ3) is 0.852. The summed E-state index contributed by atoms with van der Waals surface area (Å²) in [5, 5.41) is 12.1. The maximum atomic E-state index is 4.40. The fourth-order valence-electron chi connectivity index (χ4n) is 2.32. The van der Waals surface area contributed by atoms with Crippen LogP contribution < -0.4 is 5.32 Å². The van der Waals surface area contributed by atoms with Gasteiger partial charge in [0, 0.05) is 11.3 Å². The van der Waals surface area contributed by atoms with E-state index in [9.17, 15) is 0 Å². The van der Waals surface area contributed by atoms with E-state index in [1.54, 1.807) is 0 Å². The highest BCUT2D eigenvalue weighted by Gasteiger charge is 2.19. The molecule has 3 aromatic rings. The molecule has 1 aliphatic rings. The lowest BCUT2D eigenvalue weighted by Gasteiger charge is -2.17. The van der Waals surface area contributed by atoms with Gasteiger partial charge in [-0.1, -0.05) is 24.3 Å². The van der Waals surface area contributed by atoms with Gasteiger partial charge in [-0.15, -0.1) is 0 Å². The first-order chi connectivity index (χ1) is 7.93. The molecule has 2 N–H and O–H groups in total. The number of benzene rings is 2. The van der Waals surface area contributed by atoms with Gasteiger partial charge in [-0.25, -0.2) is 0 Å². The second-order valence-electron chi connectivity index (χ2n) is 3.97. The van der Waals surface area contributed by atoms with Crippen molar-refractivity contribution >= 4 is 22.3 Å². The predicted molar refractivity (Wildman–Crippen MR) is 64.8 cm³/mol. The van der Waals surface area contributed by atoms with Gasteiger partial charge >= 0.3 is 0 Å². The SMILES string of the molecule is c1ccc2c(c1)Nc1cccc3[nH]nc-2c13. The van der Waals surface area contributed by atoms with Crippen LogP contribution >= 0.6 is 0 Å². The number of aromatic amines is 1. The Hall–Kier alpha value is -2.29. The quantitative estimate of drug-likeness (QED) is 0.464. The highest BCUT2D eigenvalue weighted by Crippen LogP contribution is 2.41. The van der Waals surface area contributed by atoms with Gasteiger partial charge in [0.05, 0.1) is 16.6 Å². The van der Waals surface area contributed by atoms with Gasteiger partial charge in [0.1, 0.15) is 5.69 Å². The van der Waals surface area contributed by atoms with Gasteiger partial charge in [0.15, 0.2) is 0 Å². The number of anilines is 2. The zero-order chi connectivity index (χ0) is 10.5. The first kappa shape index (κ1) is 7.93. The van der Waals surface area contributed by atoms with Crippen molar-refractivity contribution in [3.05, 3.63) is 42.5 Å². The maximum absolute atomic E-state index is 4.40. The van der Waals surface area contributed by atoms with Crippen LogP contribution in [0.15, 0.2) is 42.5 Å². The summed E-state index contributed by atoms with van der Waals surface area (Å²) >= 11 is 0. The number of fused-ring (bicyclic) bond motifs is 2. The molecule has 76 valence electrons. The van der Waals surface area contributed by atoms with E-state index in [-0.39, 0.29) is 0 Å². The number of rotatable bonds is 0. The summed E-state index contributed by atoms with van der Waals surface area (Å²) in [7, 11) is 0. The Bertz CT molecular complexity index is 697. The smallest absolute Gasteiger partial charge is 0.104 e. The minimum Gasteiger partial charge on any atom is -0.354 e. The van der Waals surface area contributed by atoms with Crippen LogP contribution in [-0.4, -0.2) is 10.2 Å². The van der Waals surface area contributed by atoms with Crippen molar-refractivity contribution < 1.29 is 0 Å². The summed E-state index contributed by atoms with van der Waals surface area (Å²) in [6.45, 7) is 0. The van der Waals surface area contributed by atoms with Crippen LogP contribution in [0.1, 0.15) is 0 Å². The third-order valence-corrected chi connectivity index (χ3v) is 3.04. The van der Waals surface area contributed by atoms with Gasteiger partial charge in [0.25, 0.3) is 0 Å². The van der Waals surface area contributed by atoms with Crippen LogP contribution in [0.5, 0.6) is 0 Å². The number of hydrogen-bond donors (Lipinski definition) is 2. The predicted octanol–water partition coefficient (Wildman–Crippen LogP) is 3.29. The average molecular weight is 207 g/mol. The fourth-order valence-corrected chi connectivity index (χ4v) is 2.32. The van der Waals surface area contributed by atoms with E-state index in [1.807, 2.05) is 24.3 Å². The summed E-state index contributed by atoms with van der Waals surface area (Å²) in [6.07, 6.45) is 0. The summed E-state index contributed by atoms with van der Waals surface area (Å²) in [5.41, 5.74) is 5.52. The highest BCUT2D eigenvalue weighted by molar-refractivity contribution is 6.08. The van der Waals surface area contributed by atoms with Crippen molar-refractivity contribution in [1.82, 2.24) is 10.2 Å². The van der Waals surface area contributed by atoms with E-state index in [4.69, 9.17) is 0 Å². The molecule has 0 unspecified atom stereocenters. The Morgan fingerprint density at radius 3 is 2.75 bits per heavy atom. The number of H-pyrrole nitrogens is 1. The van der Waals surface area contributed by atoms with Crippen molar-refractivity contribution in [3.63, 3.8) is 0 Å². The van der Waals surface area contributed by atoms with Crippen molar-refractivity contribution in [1.29, 1.82) is 0 Å². The standard InChI is InChI=1S/C13H9N3/c1-2-5-9-8(4-1)13-12-10(14-9)6-3-7-11(12)15-16-13/h1-7,14H,(H,15,16). The molecule has 0 bridgehead atoms. The summed E-state index contributed by atoms with van der Waals surface area (Å²) in [6, 6.07) is 14.4. The Morgan fingerprint density at radius 1 is 0.875 bits per heavy atom. The molecule has 0 saturated heterocycles. The minimum absolute atomic E-state index is 1.04. The maximum Gasteiger partial charge on any atom is 0.104 e. The first-order valence-electron chi connectivity index (χ1n) is 5.27. The molecule has 1 aromatic heterocycles. The summed E-state index contributed by atoms with van der Waals surface area (Å²) in [4.78, 5) is 0. The van der Waals surface area contributed by atoms with Crippen molar-refractivity contribution in [2.24, 2.45) is 0 Å². The molecular weight excluding hydrogens is 198 g/mol. The van der Waals surface area contributed by atoms with Crippen LogP contribution in [0.4, 0.5) is 11.4 Å². The molecule has 4 rings (SSSR count). The first-order valence-corrected chi connectivity index (χ1v) is 5.27. The molecule has 0 saturated carbocycles. The molecule has 3 nitrogen and oxygen atoms in total. The number of nitrogens with zero attached hydrogens (tertiary/aromatic N) is 1. The molecule has 1 aliphatic heterocycles. The van der Waals surface area contributed by atoms with Crippen LogP contribution in [0.2, 0.25) is 0 Å².